The molecule has 0 radical (unpaired) electrons. The van der Waals surface area contributed by atoms with E-state index in [1.165, 1.54) is 0 Å². The maximum absolute atomic E-state index is 13.1. The Labute approximate surface area is 199 Å². The minimum Gasteiger partial charge on any atom is -0.481 e. The van der Waals surface area contributed by atoms with Crippen molar-refractivity contribution in [2.24, 2.45) is 5.92 Å². The van der Waals surface area contributed by atoms with Gasteiger partial charge in [-0.2, -0.15) is 13.2 Å². The number of hydrogen-bond donors (Lipinski definition) is 3. The summed E-state index contributed by atoms with van der Waals surface area (Å²) in [5.74, 6) is -2.97. The second kappa shape index (κ2) is 9.97. The van der Waals surface area contributed by atoms with Crippen molar-refractivity contribution in [3.63, 3.8) is 0 Å². The van der Waals surface area contributed by atoms with Crippen molar-refractivity contribution in [3.8, 4) is 11.1 Å². The van der Waals surface area contributed by atoms with Gasteiger partial charge in [0.25, 0.3) is 0 Å². The van der Waals surface area contributed by atoms with E-state index in [-0.39, 0.29) is 18.9 Å². The first-order valence-electron chi connectivity index (χ1n) is 11.3. The van der Waals surface area contributed by atoms with Gasteiger partial charge in [0.05, 0.1) is 12.3 Å². The molecular weight excluding hydrogens is 465 g/mol. The van der Waals surface area contributed by atoms with Crippen molar-refractivity contribution in [1.29, 1.82) is 0 Å². The minimum atomic E-state index is -4.71. The Hall–Kier alpha value is -3.56. The van der Waals surface area contributed by atoms with Crippen LogP contribution in [0.1, 0.15) is 42.7 Å². The van der Waals surface area contributed by atoms with E-state index in [9.17, 15) is 27.6 Å². The fraction of sp³-hybridized carbons (Fsp3) is 0.400. The molecule has 2 aromatic rings. The first kappa shape index (κ1) is 24.6. The highest BCUT2D eigenvalue weighted by Crippen LogP contribution is 2.44. The summed E-state index contributed by atoms with van der Waals surface area (Å²) < 4.78 is 44.6. The van der Waals surface area contributed by atoms with Crippen molar-refractivity contribution in [2.75, 3.05) is 6.61 Å². The molecule has 3 atom stereocenters. The quantitative estimate of drug-likeness (QED) is 0.539. The number of carbonyl (C=O) groups is 3. The van der Waals surface area contributed by atoms with Gasteiger partial charge in [0.15, 0.2) is 0 Å². The number of carbonyl (C=O) groups excluding carboxylic acids is 2. The lowest BCUT2D eigenvalue weighted by Crippen LogP contribution is -2.51. The van der Waals surface area contributed by atoms with E-state index in [0.717, 1.165) is 22.3 Å². The van der Waals surface area contributed by atoms with Gasteiger partial charge in [-0.3, -0.25) is 9.59 Å². The largest absolute Gasteiger partial charge is 0.481 e. The fourth-order valence-corrected chi connectivity index (χ4v) is 4.86. The highest BCUT2D eigenvalue weighted by atomic mass is 19.4. The average Bonchev–Trinajstić information content (AvgIpc) is 3.39. The van der Waals surface area contributed by atoms with E-state index in [2.05, 4.69) is 5.32 Å². The molecule has 1 fully saturated rings. The molecule has 2 aliphatic rings. The molecule has 0 aromatic heterocycles. The minimum absolute atomic E-state index is 0.108. The molecule has 0 aliphatic heterocycles. The Kier molecular flexibility index (Phi) is 7.00. The number of ether oxygens (including phenoxy) is 1. The van der Waals surface area contributed by atoms with Crippen molar-refractivity contribution in [2.45, 2.75) is 49.9 Å². The third-order valence-electron chi connectivity index (χ3n) is 6.52. The molecule has 4 rings (SSSR count). The molecule has 10 heteroatoms. The lowest BCUT2D eigenvalue weighted by Gasteiger charge is -2.22. The van der Waals surface area contributed by atoms with Gasteiger partial charge in [-0.1, -0.05) is 48.5 Å². The van der Waals surface area contributed by atoms with E-state index in [1.54, 1.807) is 0 Å². The van der Waals surface area contributed by atoms with E-state index in [0.29, 0.717) is 12.8 Å². The summed E-state index contributed by atoms with van der Waals surface area (Å²) in [7, 11) is 0. The van der Waals surface area contributed by atoms with E-state index >= 15 is 0 Å². The normalized spacial score (nSPS) is 20.0. The molecule has 7 nitrogen and oxygen atoms in total. The summed E-state index contributed by atoms with van der Waals surface area (Å²) >= 11 is 0. The van der Waals surface area contributed by atoms with Crippen molar-refractivity contribution < 1.29 is 37.4 Å². The summed E-state index contributed by atoms with van der Waals surface area (Å²) in [4.78, 5) is 36.1. The van der Waals surface area contributed by atoms with Crippen LogP contribution in [0.2, 0.25) is 0 Å². The smallest absolute Gasteiger partial charge is 0.407 e. The number of aliphatic carboxylic acids is 1. The molecule has 2 aromatic carbocycles. The van der Waals surface area contributed by atoms with E-state index in [1.807, 2.05) is 53.8 Å². The number of carboxylic acids is 1. The first-order chi connectivity index (χ1) is 16.6. The van der Waals surface area contributed by atoms with Gasteiger partial charge in [0.1, 0.15) is 12.6 Å². The number of nitrogens with one attached hydrogen (secondary N) is 2. The second-order valence-corrected chi connectivity index (χ2v) is 8.90. The average molecular weight is 490 g/mol. The topological polar surface area (TPSA) is 105 Å². The lowest BCUT2D eigenvalue weighted by molar-refractivity contribution is -0.149. The summed E-state index contributed by atoms with van der Waals surface area (Å²) in [5, 5.41) is 13.6. The van der Waals surface area contributed by atoms with Crippen LogP contribution in [0.5, 0.6) is 0 Å². The van der Waals surface area contributed by atoms with Gasteiger partial charge in [-0.15, -0.1) is 0 Å². The predicted octanol–water partition coefficient (Wildman–Crippen LogP) is 4.22. The van der Waals surface area contributed by atoms with Crippen LogP contribution in [-0.2, 0) is 14.3 Å². The number of carboxylic acid groups (broad SMARTS) is 1. The molecule has 0 heterocycles. The molecule has 1 saturated carbocycles. The maximum Gasteiger partial charge on any atom is 0.407 e. The molecule has 186 valence electrons. The number of halogens is 3. The summed E-state index contributed by atoms with van der Waals surface area (Å²) in [5.41, 5.74) is 3.89. The zero-order valence-electron chi connectivity index (χ0n) is 18.7. The van der Waals surface area contributed by atoms with Gasteiger partial charge in [0.2, 0.25) is 5.91 Å². The Balaban J connectivity index is 1.39. The maximum atomic E-state index is 13.1. The van der Waals surface area contributed by atoms with Crippen LogP contribution in [0.25, 0.3) is 11.1 Å². The zero-order valence-corrected chi connectivity index (χ0v) is 18.7. The number of hydrogen-bond acceptors (Lipinski definition) is 4. The van der Waals surface area contributed by atoms with E-state index in [4.69, 9.17) is 9.84 Å². The third-order valence-corrected chi connectivity index (χ3v) is 6.52. The Morgan fingerprint density at radius 2 is 1.60 bits per heavy atom. The monoisotopic (exact) mass is 490 g/mol. The lowest BCUT2D eigenvalue weighted by atomic mass is 9.98. The zero-order chi connectivity index (χ0) is 25.2. The molecule has 0 spiro atoms. The highest BCUT2D eigenvalue weighted by molar-refractivity contribution is 5.86. The molecule has 2 aliphatic carbocycles. The Bertz CT molecular complexity index is 1070. The molecule has 35 heavy (non-hydrogen) atoms. The predicted molar refractivity (Wildman–Crippen MR) is 120 cm³/mol. The van der Waals surface area contributed by atoms with Crippen LogP contribution in [-0.4, -0.2) is 47.9 Å². The highest BCUT2D eigenvalue weighted by Gasteiger charge is 2.39. The van der Waals surface area contributed by atoms with Crippen LogP contribution in [0.4, 0.5) is 18.0 Å². The number of rotatable bonds is 7. The Morgan fingerprint density at radius 3 is 2.14 bits per heavy atom. The van der Waals surface area contributed by atoms with Gasteiger partial charge < -0.3 is 20.5 Å². The molecule has 1 unspecified atom stereocenters. The van der Waals surface area contributed by atoms with Gasteiger partial charge >= 0.3 is 18.2 Å². The second-order valence-electron chi connectivity index (χ2n) is 8.90. The van der Waals surface area contributed by atoms with Gasteiger partial charge in [-0.25, -0.2) is 4.79 Å². The van der Waals surface area contributed by atoms with Gasteiger partial charge in [-0.05, 0) is 41.5 Å². The van der Waals surface area contributed by atoms with Gasteiger partial charge in [0, 0.05) is 12.0 Å². The molecule has 3 N–H and O–H groups in total. The summed E-state index contributed by atoms with van der Waals surface area (Å²) in [6, 6.07) is 12.8. The van der Waals surface area contributed by atoms with Crippen LogP contribution >= 0.6 is 0 Å². The number of alkyl carbamates (subject to hydrolysis) is 1. The third kappa shape index (κ3) is 5.75. The summed E-state index contributed by atoms with van der Waals surface area (Å²) in [6.07, 6.45) is -6.62. The summed E-state index contributed by atoms with van der Waals surface area (Å²) in [6.45, 7) is -0.108. The van der Waals surface area contributed by atoms with Crippen LogP contribution < -0.4 is 10.6 Å². The fourth-order valence-electron chi connectivity index (χ4n) is 4.86. The van der Waals surface area contributed by atoms with Crippen molar-refractivity contribution in [1.82, 2.24) is 10.6 Å². The van der Waals surface area contributed by atoms with Crippen LogP contribution in [0, 0.1) is 5.92 Å². The number of benzene rings is 2. The number of alkyl halides is 3. The number of fused-ring (bicyclic) bond motifs is 3. The molecule has 0 saturated heterocycles. The molecule has 0 bridgehead atoms. The molecule has 2 amide bonds. The first-order valence-corrected chi connectivity index (χ1v) is 11.3. The van der Waals surface area contributed by atoms with E-state index < -0.39 is 48.6 Å². The SMILES string of the molecule is O=C(NC(CC(F)(F)F)C(=O)N[C@@H]1CC[C@H](C(=O)O)C1)OCC1c2ccccc2-c2ccccc21. The Morgan fingerprint density at radius 1 is 1.00 bits per heavy atom. The van der Waals surface area contributed by atoms with Crippen LogP contribution in [0.3, 0.4) is 0 Å². The van der Waals surface area contributed by atoms with Crippen molar-refractivity contribution >= 4 is 18.0 Å². The standard InChI is InChI=1S/C25H25F3N2O5/c26-25(27,28)12-21(22(31)29-15-10-9-14(11-15)23(32)33)30-24(34)35-13-20-18-7-3-1-5-16(18)17-6-2-4-8-19(17)20/h1-8,14-15,20-21H,9-13H2,(H,29,31)(H,30,34)(H,32,33)/t14-,15+,21?/m0/s1. The number of amides is 2. The molecular formula is C25H25F3N2O5. The van der Waals surface area contributed by atoms with Crippen molar-refractivity contribution in [3.05, 3.63) is 59.7 Å². The van der Waals surface area contributed by atoms with Crippen LogP contribution in [0.15, 0.2) is 48.5 Å².